The molecule has 10 nitrogen and oxygen atoms in total. The number of aromatic amines is 1. The van der Waals surface area contributed by atoms with Crippen LogP contribution in [0.2, 0.25) is 0 Å². The zero-order valence-electron chi connectivity index (χ0n) is 20.3. The summed E-state index contributed by atoms with van der Waals surface area (Å²) in [7, 11) is 1.73. The van der Waals surface area contributed by atoms with Crippen LogP contribution in [-0.2, 0) is 13.5 Å². The van der Waals surface area contributed by atoms with Gasteiger partial charge in [-0.15, -0.1) is 0 Å². The summed E-state index contributed by atoms with van der Waals surface area (Å²) in [4.78, 5) is 35.5. The molecule has 1 aliphatic rings. The highest BCUT2D eigenvalue weighted by molar-refractivity contribution is 5.96. The van der Waals surface area contributed by atoms with Crippen molar-refractivity contribution >= 4 is 16.9 Å². The minimum atomic E-state index is -0.295. The Bertz CT molecular complexity index is 1260. The van der Waals surface area contributed by atoms with Gasteiger partial charge in [-0.05, 0) is 38.5 Å². The molecule has 0 saturated carbocycles. The lowest BCUT2D eigenvalue weighted by Crippen LogP contribution is -2.57. The van der Waals surface area contributed by atoms with E-state index >= 15 is 0 Å². The molecule has 10 heteroatoms. The number of carbonyl (C=O) groups excluding carboxylic acids is 1. The Morgan fingerprint density at radius 1 is 1.24 bits per heavy atom. The maximum absolute atomic E-state index is 13.2. The van der Waals surface area contributed by atoms with Crippen molar-refractivity contribution < 1.29 is 14.2 Å². The number of H-pyrrole nitrogens is 1. The molecule has 4 rings (SSSR count). The van der Waals surface area contributed by atoms with E-state index in [1.165, 1.54) is 0 Å². The molecule has 34 heavy (non-hydrogen) atoms. The van der Waals surface area contributed by atoms with Crippen LogP contribution in [0, 0.1) is 5.21 Å². The van der Waals surface area contributed by atoms with E-state index in [1.54, 1.807) is 34.8 Å². The number of rotatable bonds is 7. The van der Waals surface area contributed by atoms with Crippen molar-refractivity contribution in [3.8, 4) is 17.1 Å². The third-order valence-electron chi connectivity index (χ3n) is 6.45. The number of fused-ring (bicyclic) bond motifs is 1. The third kappa shape index (κ3) is 4.43. The second kappa shape index (κ2) is 9.55. The van der Waals surface area contributed by atoms with Crippen LogP contribution in [0.5, 0.6) is 5.75 Å². The molecule has 0 spiro atoms. The van der Waals surface area contributed by atoms with Gasteiger partial charge in [-0.3, -0.25) is 14.3 Å². The van der Waals surface area contributed by atoms with Crippen molar-refractivity contribution in [3.63, 3.8) is 0 Å². The molecule has 3 heterocycles. The van der Waals surface area contributed by atoms with Gasteiger partial charge in [0.05, 0.1) is 50.6 Å². The Kier molecular flexibility index (Phi) is 6.72. The molecule has 182 valence electrons. The molecule has 0 bridgehead atoms. The zero-order valence-corrected chi connectivity index (χ0v) is 20.3. The van der Waals surface area contributed by atoms with Gasteiger partial charge in [0.2, 0.25) is 0 Å². The van der Waals surface area contributed by atoms with Gasteiger partial charge < -0.3 is 24.5 Å². The van der Waals surface area contributed by atoms with Crippen molar-refractivity contribution in [2.24, 2.45) is 7.05 Å². The van der Waals surface area contributed by atoms with E-state index in [2.05, 4.69) is 10.1 Å². The first-order valence-corrected chi connectivity index (χ1v) is 11.9. The lowest BCUT2D eigenvalue weighted by molar-refractivity contribution is -0.882. The number of nitrogens with one attached hydrogen (secondary N) is 1. The molecule has 2 aromatic heterocycles. The van der Waals surface area contributed by atoms with E-state index in [9.17, 15) is 14.8 Å². The van der Waals surface area contributed by atoms with Crippen LogP contribution < -0.4 is 10.3 Å². The molecule has 0 atom stereocenters. The van der Waals surface area contributed by atoms with E-state index in [0.29, 0.717) is 79.5 Å². The molecular weight excluding hydrogens is 436 g/mol. The summed E-state index contributed by atoms with van der Waals surface area (Å²) in [6.45, 7) is 8.33. The molecule has 0 unspecified atom stereocenters. The second-order valence-electron chi connectivity index (χ2n) is 8.69. The van der Waals surface area contributed by atoms with E-state index in [0.717, 1.165) is 12.1 Å². The molecular formula is C24H32N6O4. The monoisotopic (exact) mass is 468 g/mol. The maximum atomic E-state index is 13.2. The Hall–Kier alpha value is -3.24. The summed E-state index contributed by atoms with van der Waals surface area (Å²) < 4.78 is 7.08. The number of hydrogen-bond donors (Lipinski definition) is 1. The number of ether oxygens (including phenoxy) is 1. The highest BCUT2D eigenvalue weighted by Gasteiger charge is 2.28. The summed E-state index contributed by atoms with van der Waals surface area (Å²) in [5.41, 5.74) is 2.45. The summed E-state index contributed by atoms with van der Waals surface area (Å²) in [6.07, 6.45) is 1.58. The summed E-state index contributed by atoms with van der Waals surface area (Å²) >= 11 is 0. The van der Waals surface area contributed by atoms with Gasteiger partial charge in [0.25, 0.3) is 11.5 Å². The summed E-state index contributed by atoms with van der Waals surface area (Å²) in [5, 5.41) is 17.0. The molecule has 0 radical (unpaired) electrons. The van der Waals surface area contributed by atoms with Crippen LogP contribution in [0.4, 0.5) is 0 Å². The van der Waals surface area contributed by atoms with Crippen LogP contribution in [0.15, 0.2) is 23.0 Å². The molecule has 1 amide bonds. The zero-order chi connectivity index (χ0) is 24.5. The number of aromatic nitrogens is 4. The van der Waals surface area contributed by atoms with Crippen molar-refractivity contribution in [1.82, 2.24) is 24.6 Å². The lowest BCUT2D eigenvalue weighted by atomic mass is 10.1. The van der Waals surface area contributed by atoms with Crippen molar-refractivity contribution in [2.45, 2.75) is 33.6 Å². The highest BCUT2D eigenvalue weighted by Crippen LogP contribution is 2.30. The Morgan fingerprint density at radius 3 is 2.62 bits per heavy atom. The van der Waals surface area contributed by atoms with Crippen molar-refractivity contribution in [1.29, 1.82) is 0 Å². The average Bonchev–Trinajstić information content (AvgIpc) is 3.15. The molecule has 3 aromatic rings. The van der Waals surface area contributed by atoms with Crippen molar-refractivity contribution in [2.75, 3.05) is 39.3 Å². The molecule has 1 N–H and O–H groups in total. The standard InChI is InChI=1S/C24H32N6O4/c1-5-8-18-20-21(28(4)27-18)23(31)26-22(25-20)17-15-16(9-10-19(17)34-7-3)24(32)29-11-13-30(33,6-2)14-12-29/h9-10,15H,5-8,11-14H2,1-4H3,(H,25,26,31). The molecule has 1 aromatic carbocycles. The fourth-order valence-electron chi connectivity index (χ4n) is 4.44. The van der Waals surface area contributed by atoms with Crippen molar-refractivity contribution in [3.05, 3.63) is 45.0 Å². The fourth-order valence-corrected chi connectivity index (χ4v) is 4.44. The molecule has 1 aliphatic heterocycles. The van der Waals surface area contributed by atoms with Gasteiger partial charge in [-0.2, -0.15) is 5.10 Å². The Balaban J connectivity index is 1.75. The van der Waals surface area contributed by atoms with Gasteiger partial charge in [0.15, 0.2) is 5.52 Å². The van der Waals surface area contributed by atoms with E-state index in [1.807, 2.05) is 20.8 Å². The minimum Gasteiger partial charge on any atom is -0.633 e. The predicted molar refractivity (Wildman–Crippen MR) is 130 cm³/mol. The van der Waals surface area contributed by atoms with Gasteiger partial charge in [0, 0.05) is 12.6 Å². The number of carbonyl (C=O) groups is 1. The minimum absolute atomic E-state index is 0.150. The smallest absolute Gasteiger partial charge is 0.277 e. The van der Waals surface area contributed by atoms with Crippen LogP contribution in [0.25, 0.3) is 22.4 Å². The molecule has 1 fully saturated rings. The largest absolute Gasteiger partial charge is 0.633 e. The Morgan fingerprint density at radius 2 is 1.97 bits per heavy atom. The number of hydrogen-bond acceptors (Lipinski definition) is 6. The number of likely N-dealkylation sites (N-methyl/N-ethyl adjacent to an activating group) is 1. The lowest BCUT2D eigenvalue weighted by Gasteiger charge is -2.47. The first-order chi connectivity index (χ1) is 16.3. The number of benzene rings is 1. The normalized spacial score (nSPS) is 15.6. The fraction of sp³-hybridized carbons (Fsp3) is 0.500. The van der Waals surface area contributed by atoms with Gasteiger partial charge in [-0.1, -0.05) is 13.3 Å². The van der Waals surface area contributed by atoms with Gasteiger partial charge in [0.1, 0.15) is 17.1 Å². The second-order valence-corrected chi connectivity index (χ2v) is 8.69. The van der Waals surface area contributed by atoms with E-state index < -0.39 is 0 Å². The maximum Gasteiger partial charge on any atom is 0.277 e. The topological polar surface area (TPSA) is 116 Å². The predicted octanol–water partition coefficient (Wildman–Crippen LogP) is 2.47. The number of piperazine rings is 1. The quantitative estimate of drug-likeness (QED) is 0.421. The highest BCUT2D eigenvalue weighted by atomic mass is 16.5. The Labute approximate surface area is 198 Å². The number of aryl methyl sites for hydroxylation is 2. The summed E-state index contributed by atoms with van der Waals surface area (Å²) in [5.74, 6) is 0.714. The third-order valence-corrected chi connectivity index (χ3v) is 6.45. The van der Waals surface area contributed by atoms with Crippen LogP contribution in [0.3, 0.4) is 0 Å². The van der Waals surface area contributed by atoms with E-state index in [4.69, 9.17) is 9.72 Å². The van der Waals surface area contributed by atoms with Gasteiger partial charge in [-0.25, -0.2) is 4.98 Å². The van der Waals surface area contributed by atoms with Crippen LogP contribution in [0.1, 0.15) is 43.2 Å². The van der Waals surface area contributed by atoms with Gasteiger partial charge >= 0.3 is 0 Å². The van der Waals surface area contributed by atoms with E-state index in [-0.39, 0.29) is 16.1 Å². The SMILES string of the molecule is CCCc1nn(C)c2c(=O)[nH]c(-c3cc(C(=O)N4CC[N+]([O-])(CC)CC4)ccc3OCC)nc12. The number of nitrogens with zero attached hydrogens (tertiary/aromatic N) is 5. The van der Waals surface area contributed by atoms with Crippen LogP contribution >= 0.6 is 0 Å². The number of amides is 1. The first-order valence-electron chi connectivity index (χ1n) is 11.9. The number of hydroxylamine groups is 3. The summed E-state index contributed by atoms with van der Waals surface area (Å²) in [6, 6.07) is 5.16. The molecule has 1 saturated heterocycles. The average molecular weight is 469 g/mol. The first kappa shape index (κ1) is 23.9. The number of quaternary nitrogens is 1. The molecule has 0 aliphatic carbocycles. The van der Waals surface area contributed by atoms with Crippen LogP contribution in [-0.4, -0.2) is 74.5 Å².